The Kier molecular flexibility index (Phi) is 3.88. The Morgan fingerprint density at radius 2 is 1.35 bits per heavy atom. The average molecular weight is 278 g/mol. The van der Waals surface area contributed by atoms with E-state index in [4.69, 9.17) is 0 Å². The average Bonchev–Trinajstić information content (AvgIpc) is 2.72. The van der Waals surface area contributed by atoms with Crippen molar-refractivity contribution in [1.82, 2.24) is 0 Å². The van der Waals surface area contributed by atoms with Crippen LogP contribution in [-0.2, 0) is 0 Å². The van der Waals surface area contributed by atoms with Crippen molar-refractivity contribution in [2.24, 2.45) is 5.92 Å². The summed E-state index contributed by atoms with van der Waals surface area (Å²) in [7, 11) is -1.64. The Labute approximate surface area is 123 Å². The third-order valence-corrected chi connectivity index (χ3v) is 9.72. The van der Waals surface area contributed by atoms with E-state index in [-0.39, 0.29) is 0 Å². The lowest BCUT2D eigenvalue weighted by molar-refractivity contribution is 0.658. The van der Waals surface area contributed by atoms with E-state index in [1.54, 1.807) is 10.4 Å². The molecule has 3 rings (SSSR count). The molecular weight excluding hydrogens is 256 g/mol. The molecule has 0 N–H and O–H groups in total. The van der Waals surface area contributed by atoms with Gasteiger partial charge in [0.15, 0.2) is 0 Å². The molecule has 0 radical (unpaired) electrons. The fourth-order valence-electron chi connectivity index (χ4n) is 3.53. The van der Waals surface area contributed by atoms with Crippen molar-refractivity contribution in [1.29, 1.82) is 0 Å². The minimum atomic E-state index is -1.64. The maximum Gasteiger partial charge on any atom is 0.122 e. The molecule has 1 heterocycles. The Morgan fingerprint density at radius 3 is 1.90 bits per heavy atom. The molecule has 1 atom stereocenters. The van der Waals surface area contributed by atoms with E-state index in [0.29, 0.717) is 0 Å². The van der Waals surface area contributed by atoms with Gasteiger partial charge in [0.2, 0.25) is 0 Å². The molecule has 0 saturated heterocycles. The molecule has 0 bridgehead atoms. The van der Waals surface area contributed by atoms with Crippen molar-refractivity contribution in [2.45, 2.75) is 25.4 Å². The van der Waals surface area contributed by atoms with Crippen LogP contribution in [0.15, 0.2) is 72.8 Å². The predicted octanol–water partition coefficient (Wildman–Crippen LogP) is 3.85. The molecule has 1 aliphatic rings. The first-order chi connectivity index (χ1) is 9.81. The van der Waals surface area contributed by atoms with Crippen LogP contribution in [0.2, 0.25) is 12.1 Å². The second kappa shape index (κ2) is 5.80. The maximum absolute atomic E-state index is 2.44. The van der Waals surface area contributed by atoms with Crippen LogP contribution in [0.3, 0.4) is 0 Å². The van der Waals surface area contributed by atoms with Crippen LogP contribution >= 0.6 is 0 Å². The van der Waals surface area contributed by atoms with Crippen LogP contribution in [0.25, 0.3) is 0 Å². The van der Waals surface area contributed by atoms with E-state index in [9.17, 15) is 0 Å². The molecule has 1 aliphatic heterocycles. The van der Waals surface area contributed by atoms with Crippen molar-refractivity contribution in [3.8, 4) is 0 Å². The Bertz CT molecular complexity index is 532. The van der Waals surface area contributed by atoms with Gasteiger partial charge in [-0.2, -0.15) is 0 Å². The van der Waals surface area contributed by atoms with Gasteiger partial charge in [0, 0.05) is 0 Å². The van der Waals surface area contributed by atoms with E-state index in [2.05, 4.69) is 79.7 Å². The maximum atomic E-state index is 2.44. The van der Waals surface area contributed by atoms with Gasteiger partial charge in [-0.1, -0.05) is 90.1 Å². The smallest absolute Gasteiger partial charge is 0.0905 e. The minimum Gasteiger partial charge on any atom is -0.0905 e. The summed E-state index contributed by atoms with van der Waals surface area (Å²) in [5.41, 5.74) is 0. The number of benzene rings is 2. The molecule has 0 aromatic heterocycles. The zero-order valence-corrected chi connectivity index (χ0v) is 13.1. The van der Waals surface area contributed by atoms with Crippen LogP contribution in [-0.4, -0.2) is 8.07 Å². The highest BCUT2D eigenvalue weighted by atomic mass is 28.3. The summed E-state index contributed by atoms with van der Waals surface area (Å²) in [6.07, 6.45) is 6.06. The zero-order valence-electron chi connectivity index (χ0n) is 12.1. The summed E-state index contributed by atoms with van der Waals surface area (Å²) >= 11 is 0. The highest BCUT2D eigenvalue weighted by Crippen LogP contribution is 2.27. The van der Waals surface area contributed by atoms with Gasteiger partial charge in [-0.05, 0) is 24.4 Å². The van der Waals surface area contributed by atoms with E-state index >= 15 is 0 Å². The third-order valence-electron chi connectivity index (χ3n) is 4.52. The van der Waals surface area contributed by atoms with Crippen molar-refractivity contribution in [2.75, 3.05) is 0 Å². The largest absolute Gasteiger partial charge is 0.122 e. The van der Waals surface area contributed by atoms with Gasteiger partial charge >= 0.3 is 0 Å². The topological polar surface area (TPSA) is 0 Å². The van der Waals surface area contributed by atoms with Gasteiger partial charge in [-0.15, -0.1) is 0 Å². The van der Waals surface area contributed by atoms with Crippen LogP contribution in [0.5, 0.6) is 0 Å². The molecule has 20 heavy (non-hydrogen) atoms. The van der Waals surface area contributed by atoms with Gasteiger partial charge in [0.05, 0.1) is 0 Å². The molecule has 1 heteroatoms. The summed E-state index contributed by atoms with van der Waals surface area (Å²) in [4.78, 5) is 0. The lowest BCUT2D eigenvalue weighted by atomic mass is 10.1. The molecule has 0 amide bonds. The standard InChI is InChI=1S/C19H22Si/c1-17-10-8-9-15-20(16-17,18-11-4-2-5-12-18)19-13-6-3-7-14-19/h2-9,11-14,17H,10,15-16H2,1H3. The van der Waals surface area contributed by atoms with E-state index in [0.717, 1.165) is 5.92 Å². The van der Waals surface area contributed by atoms with Crippen molar-refractivity contribution in [3.63, 3.8) is 0 Å². The molecule has 0 nitrogen and oxygen atoms in total. The van der Waals surface area contributed by atoms with Gasteiger partial charge in [0.25, 0.3) is 0 Å². The second-order valence-electron chi connectivity index (χ2n) is 6.03. The second-order valence-corrected chi connectivity index (χ2v) is 10.2. The number of hydrogen-bond acceptors (Lipinski definition) is 0. The SMILES string of the molecule is CC1CC=CC[Si](c2ccccc2)(c2ccccc2)C1. The van der Waals surface area contributed by atoms with Gasteiger partial charge in [-0.25, -0.2) is 0 Å². The number of hydrogen-bond donors (Lipinski definition) is 0. The van der Waals surface area contributed by atoms with E-state index < -0.39 is 8.07 Å². The first-order valence-electron chi connectivity index (χ1n) is 7.57. The van der Waals surface area contributed by atoms with Crippen molar-refractivity contribution < 1.29 is 0 Å². The number of allylic oxidation sites excluding steroid dienone is 2. The molecule has 0 aliphatic carbocycles. The molecule has 0 fully saturated rings. The summed E-state index contributed by atoms with van der Waals surface area (Å²) in [6.45, 7) is 2.41. The molecule has 1 unspecified atom stereocenters. The van der Waals surface area contributed by atoms with E-state index in [1.165, 1.54) is 18.5 Å². The van der Waals surface area contributed by atoms with Crippen molar-refractivity contribution >= 4 is 18.4 Å². The lowest BCUT2D eigenvalue weighted by Crippen LogP contribution is -2.58. The molecule has 0 saturated carbocycles. The van der Waals surface area contributed by atoms with Gasteiger partial charge in [0.1, 0.15) is 8.07 Å². The molecular formula is C19H22Si. The summed E-state index contributed by atoms with van der Waals surface area (Å²) in [5, 5.41) is 3.18. The predicted molar refractivity (Wildman–Crippen MR) is 90.4 cm³/mol. The fraction of sp³-hybridized carbons (Fsp3) is 0.263. The lowest BCUT2D eigenvalue weighted by Gasteiger charge is -2.33. The van der Waals surface area contributed by atoms with E-state index in [1.807, 2.05) is 0 Å². The zero-order chi connectivity index (χ0) is 13.8. The Morgan fingerprint density at radius 1 is 0.800 bits per heavy atom. The Hall–Kier alpha value is -1.60. The normalized spacial score (nSPS) is 21.4. The summed E-state index contributed by atoms with van der Waals surface area (Å²) < 4.78 is 0. The van der Waals surface area contributed by atoms with Gasteiger partial charge < -0.3 is 0 Å². The third kappa shape index (κ3) is 2.50. The highest BCUT2D eigenvalue weighted by molar-refractivity contribution is 7.02. The Balaban J connectivity index is 2.15. The first-order valence-corrected chi connectivity index (χ1v) is 9.99. The van der Waals surface area contributed by atoms with Crippen LogP contribution in [0, 0.1) is 5.92 Å². The molecule has 2 aromatic carbocycles. The van der Waals surface area contributed by atoms with Crippen LogP contribution in [0.4, 0.5) is 0 Å². The van der Waals surface area contributed by atoms with Crippen LogP contribution in [0.1, 0.15) is 13.3 Å². The summed E-state index contributed by atoms with van der Waals surface area (Å²) in [6, 6.07) is 25.1. The van der Waals surface area contributed by atoms with Crippen molar-refractivity contribution in [3.05, 3.63) is 72.8 Å². The number of rotatable bonds is 2. The first kappa shape index (κ1) is 13.4. The van der Waals surface area contributed by atoms with Crippen LogP contribution < -0.4 is 10.4 Å². The molecule has 102 valence electrons. The highest BCUT2D eigenvalue weighted by Gasteiger charge is 2.37. The quantitative estimate of drug-likeness (QED) is 0.578. The summed E-state index contributed by atoms with van der Waals surface area (Å²) in [5.74, 6) is 0.779. The minimum absolute atomic E-state index is 0.779. The monoisotopic (exact) mass is 278 g/mol. The molecule has 0 spiro atoms. The molecule has 2 aromatic rings. The fourth-order valence-corrected chi connectivity index (χ4v) is 8.56. The van der Waals surface area contributed by atoms with Gasteiger partial charge in [-0.3, -0.25) is 0 Å².